The molecule has 2 unspecified atom stereocenters. The van der Waals surface area contributed by atoms with E-state index in [0.29, 0.717) is 6.04 Å². The van der Waals surface area contributed by atoms with Crippen LogP contribution in [0.2, 0.25) is 0 Å². The van der Waals surface area contributed by atoms with Gasteiger partial charge in [-0.3, -0.25) is 4.99 Å². The van der Waals surface area contributed by atoms with Gasteiger partial charge in [-0.15, -0.1) is 35.3 Å². The number of nitrogens with zero attached hydrogens (tertiary/aromatic N) is 1. The topological polar surface area (TPSA) is 36.4 Å². The minimum Gasteiger partial charge on any atom is -0.353 e. The molecule has 3 rings (SSSR count). The number of hydrogen-bond acceptors (Lipinski definition) is 2. The third-order valence-electron chi connectivity index (χ3n) is 3.82. The van der Waals surface area contributed by atoms with Crippen molar-refractivity contribution in [2.45, 2.75) is 25.4 Å². The van der Waals surface area contributed by atoms with Crippen molar-refractivity contribution < 1.29 is 0 Å². The normalized spacial score (nSPS) is 20.1. The lowest BCUT2D eigenvalue weighted by atomic mass is 10.1. The fourth-order valence-electron chi connectivity index (χ4n) is 2.52. The molecular weight excluding hydrogens is 405 g/mol. The Morgan fingerprint density at radius 1 is 1.23 bits per heavy atom. The molecule has 0 saturated heterocycles. The first kappa shape index (κ1) is 17.3. The van der Waals surface area contributed by atoms with Crippen LogP contribution in [0.4, 0.5) is 0 Å². The summed E-state index contributed by atoms with van der Waals surface area (Å²) in [5, 5.41) is 8.99. The molecule has 118 valence electrons. The van der Waals surface area contributed by atoms with Crippen molar-refractivity contribution in [1.29, 1.82) is 0 Å². The lowest BCUT2D eigenvalue weighted by Crippen LogP contribution is -2.38. The molecule has 0 spiro atoms. The Labute approximate surface area is 153 Å². The summed E-state index contributed by atoms with van der Waals surface area (Å²) in [6.07, 6.45) is 2.38. The molecule has 1 heterocycles. The summed E-state index contributed by atoms with van der Waals surface area (Å²) < 4.78 is 0. The van der Waals surface area contributed by atoms with Gasteiger partial charge < -0.3 is 10.6 Å². The number of guanidine groups is 1. The Morgan fingerprint density at radius 2 is 2.05 bits per heavy atom. The van der Waals surface area contributed by atoms with Crippen molar-refractivity contribution in [3.05, 3.63) is 58.3 Å². The summed E-state index contributed by atoms with van der Waals surface area (Å²) in [7, 11) is 1.83. The summed E-state index contributed by atoms with van der Waals surface area (Å²) in [6.45, 7) is 0.841. The number of aliphatic imine (C=N–C) groups is 1. The van der Waals surface area contributed by atoms with Gasteiger partial charge in [0, 0.05) is 18.0 Å². The highest BCUT2D eigenvalue weighted by Crippen LogP contribution is 2.33. The summed E-state index contributed by atoms with van der Waals surface area (Å²) in [6, 6.07) is 15.5. The first-order valence-corrected chi connectivity index (χ1v) is 8.26. The zero-order valence-electron chi connectivity index (χ0n) is 12.7. The van der Waals surface area contributed by atoms with Crippen LogP contribution < -0.4 is 10.6 Å². The molecule has 1 aromatic carbocycles. The van der Waals surface area contributed by atoms with Crippen LogP contribution in [-0.2, 0) is 13.0 Å². The second-order valence-electron chi connectivity index (χ2n) is 5.44. The van der Waals surface area contributed by atoms with Gasteiger partial charge in [0.15, 0.2) is 5.96 Å². The number of hydrogen-bond donors (Lipinski definition) is 2. The van der Waals surface area contributed by atoms with Gasteiger partial charge in [0.05, 0.1) is 6.54 Å². The predicted octanol–water partition coefficient (Wildman–Crippen LogP) is 3.66. The predicted molar refractivity (Wildman–Crippen MR) is 105 cm³/mol. The van der Waals surface area contributed by atoms with E-state index in [1.807, 2.05) is 7.05 Å². The molecule has 0 aliphatic heterocycles. The van der Waals surface area contributed by atoms with Crippen LogP contribution in [0.15, 0.2) is 52.8 Å². The Balaban J connectivity index is 0.00000176. The van der Waals surface area contributed by atoms with Crippen molar-refractivity contribution in [3.8, 4) is 0 Å². The molecule has 1 aliphatic carbocycles. The SMILES string of the molecule is CN=C(NCc1cccs1)NC1CC1Cc1ccccc1.I. The molecule has 2 N–H and O–H groups in total. The molecule has 2 aromatic rings. The average molecular weight is 427 g/mol. The smallest absolute Gasteiger partial charge is 0.191 e. The average Bonchev–Trinajstić information content (AvgIpc) is 3.02. The number of halogens is 1. The summed E-state index contributed by atoms with van der Waals surface area (Å²) in [4.78, 5) is 5.64. The summed E-state index contributed by atoms with van der Waals surface area (Å²) in [5.41, 5.74) is 1.42. The van der Waals surface area contributed by atoms with Crippen LogP contribution in [0.1, 0.15) is 16.9 Å². The minimum absolute atomic E-state index is 0. The van der Waals surface area contributed by atoms with Gasteiger partial charge in [-0.1, -0.05) is 36.4 Å². The largest absolute Gasteiger partial charge is 0.353 e. The van der Waals surface area contributed by atoms with E-state index in [1.165, 1.54) is 16.9 Å². The molecule has 3 nitrogen and oxygen atoms in total. The van der Waals surface area contributed by atoms with Crippen LogP contribution in [0.25, 0.3) is 0 Å². The number of benzene rings is 1. The minimum atomic E-state index is 0. The van der Waals surface area contributed by atoms with E-state index < -0.39 is 0 Å². The molecule has 0 radical (unpaired) electrons. The van der Waals surface area contributed by atoms with Crippen LogP contribution in [-0.4, -0.2) is 19.0 Å². The molecular formula is C17H22IN3S. The fraction of sp³-hybridized carbons (Fsp3) is 0.353. The molecule has 1 aromatic heterocycles. The Kier molecular flexibility index (Phi) is 6.70. The number of thiophene rings is 1. The highest BCUT2D eigenvalue weighted by molar-refractivity contribution is 14.0. The highest BCUT2D eigenvalue weighted by Gasteiger charge is 2.37. The second kappa shape index (κ2) is 8.53. The lowest BCUT2D eigenvalue weighted by Gasteiger charge is -2.11. The molecule has 22 heavy (non-hydrogen) atoms. The van der Waals surface area contributed by atoms with Gasteiger partial charge in [0.2, 0.25) is 0 Å². The standard InChI is InChI=1S/C17H21N3S.HI/c1-18-17(19-12-15-8-5-9-21-15)20-16-11-14(16)10-13-6-3-2-4-7-13;/h2-9,14,16H,10-12H2,1H3,(H2,18,19,20);1H. The third kappa shape index (κ3) is 4.98. The van der Waals surface area contributed by atoms with Gasteiger partial charge >= 0.3 is 0 Å². The Morgan fingerprint density at radius 3 is 2.73 bits per heavy atom. The van der Waals surface area contributed by atoms with Crippen LogP contribution in [0, 0.1) is 5.92 Å². The highest BCUT2D eigenvalue weighted by atomic mass is 127. The molecule has 0 amide bonds. The number of rotatable bonds is 5. The van der Waals surface area contributed by atoms with Gasteiger partial charge in [0.25, 0.3) is 0 Å². The maximum Gasteiger partial charge on any atom is 0.191 e. The van der Waals surface area contributed by atoms with E-state index in [2.05, 4.69) is 63.5 Å². The third-order valence-corrected chi connectivity index (χ3v) is 4.70. The van der Waals surface area contributed by atoms with E-state index in [1.54, 1.807) is 11.3 Å². The lowest BCUT2D eigenvalue weighted by molar-refractivity contribution is 0.722. The molecule has 0 bridgehead atoms. The maximum atomic E-state index is 4.31. The maximum absolute atomic E-state index is 4.31. The first-order valence-electron chi connectivity index (χ1n) is 7.38. The van der Waals surface area contributed by atoms with Crippen molar-refractivity contribution in [2.75, 3.05) is 7.05 Å². The van der Waals surface area contributed by atoms with E-state index in [-0.39, 0.29) is 24.0 Å². The van der Waals surface area contributed by atoms with E-state index >= 15 is 0 Å². The fourth-order valence-corrected chi connectivity index (χ4v) is 3.17. The molecule has 5 heteroatoms. The van der Waals surface area contributed by atoms with E-state index in [4.69, 9.17) is 0 Å². The van der Waals surface area contributed by atoms with Gasteiger partial charge in [-0.05, 0) is 35.8 Å². The summed E-state index contributed by atoms with van der Waals surface area (Å²) in [5.74, 6) is 1.64. The molecule has 1 fully saturated rings. The monoisotopic (exact) mass is 427 g/mol. The zero-order chi connectivity index (χ0) is 14.5. The second-order valence-corrected chi connectivity index (χ2v) is 6.47. The van der Waals surface area contributed by atoms with Crippen molar-refractivity contribution in [2.24, 2.45) is 10.9 Å². The van der Waals surface area contributed by atoms with Gasteiger partial charge in [-0.25, -0.2) is 0 Å². The van der Waals surface area contributed by atoms with Crippen molar-refractivity contribution >= 4 is 41.3 Å². The van der Waals surface area contributed by atoms with Gasteiger partial charge in [0.1, 0.15) is 0 Å². The van der Waals surface area contributed by atoms with Crippen LogP contribution >= 0.6 is 35.3 Å². The van der Waals surface area contributed by atoms with Crippen LogP contribution in [0.3, 0.4) is 0 Å². The van der Waals surface area contributed by atoms with Crippen molar-refractivity contribution in [1.82, 2.24) is 10.6 Å². The molecule has 2 atom stereocenters. The molecule has 1 saturated carbocycles. The summed E-state index contributed by atoms with van der Waals surface area (Å²) >= 11 is 1.77. The zero-order valence-corrected chi connectivity index (χ0v) is 15.8. The number of nitrogens with one attached hydrogen (secondary N) is 2. The van der Waals surface area contributed by atoms with E-state index in [0.717, 1.165) is 24.8 Å². The quantitative estimate of drug-likeness (QED) is 0.434. The first-order chi connectivity index (χ1) is 10.3. The van der Waals surface area contributed by atoms with E-state index in [9.17, 15) is 0 Å². The van der Waals surface area contributed by atoms with Gasteiger partial charge in [-0.2, -0.15) is 0 Å². The molecule has 1 aliphatic rings. The Bertz CT molecular complexity index is 583. The van der Waals surface area contributed by atoms with Crippen molar-refractivity contribution in [3.63, 3.8) is 0 Å². The Hall–Kier alpha value is -1.08. The van der Waals surface area contributed by atoms with Crippen LogP contribution in [0.5, 0.6) is 0 Å².